The highest BCUT2D eigenvalue weighted by molar-refractivity contribution is 9.11. The number of hydrogen-bond donors (Lipinski definition) is 0. The van der Waals surface area contributed by atoms with E-state index in [1.165, 1.54) is 0 Å². The highest BCUT2D eigenvalue weighted by Crippen LogP contribution is 2.29. The lowest BCUT2D eigenvalue weighted by Gasteiger charge is -2.11. The van der Waals surface area contributed by atoms with Crippen LogP contribution in [0.25, 0.3) is 16.7 Å². The van der Waals surface area contributed by atoms with E-state index in [1.807, 2.05) is 18.2 Å². The first-order valence-electron chi connectivity index (χ1n) is 6.03. The van der Waals surface area contributed by atoms with Crippen LogP contribution in [0.15, 0.2) is 45.6 Å². The molecule has 6 heteroatoms. The van der Waals surface area contributed by atoms with Crippen LogP contribution in [-0.4, -0.2) is 20.4 Å². The second kappa shape index (κ2) is 5.84. The largest absolute Gasteiger partial charge is 0.295 e. The van der Waals surface area contributed by atoms with Crippen molar-refractivity contribution in [2.24, 2.45) is 0 Å². The molecule has 0 aliphatic rings. The van der Waals surface area contributed by atoms with Crippen LogP contribution < -0.4 is 0 Å². The first-order valence-corrected chi connectivity index (χ1v) is 8.15. The number of benzene rings is 1. The normalized spacial score (nSPS) is 11.2. The highest BCUT2D eigenvalue weighted by Gasteiger charge is 2.14. The Kier molecular flexibility index (Phi) is 4.10. The van der Waals surface area contributed by atoms with Gasteiger partial charge in [0.25, 0.3) is 0 Å². The third-order valence-corrected chi connectivity index (χ3v) is 4.35. The predicted molar refractivity (Wildman–Crippen MR) is 88.7 cm³/mol. The van der Waals surface area contributed by atoms with E-state index in [0.717, 1.165) is 31.5 Å². The van der Waals surface area contributed by atoms with Crippen LogP contribution >= 0.6 is 43.5 Å². The van der Waals surface area contributed by atoms with Gasteiger partial charge in [0.1, 0.15) is 11.3 Å². The molecule has 0 bridgehead atoms. The summed E-state index contributed by atoms with van der Waals surface area (Å²) in [5.41, 5.74) is 2.94. The molecule has 3 rings (SSSR count). The Balaban J connectivity index is 2.33. The van der Waals surface area contributed by atoms with Gasteiger partial charge in [0, 0.05) is 27.4 Å². The fraction of sp³-hybridized carbons (Fsp3) is 0.143. The summed E-state index contributed by atoms with van der Waals surface area (Å²) < 4.78 is 4.14. The van der Waals surface area contributed by atoms with Gasteiger partial charge in [-0.1, -0.05) is 15.9 Å². The second-order valence-electron chi connectivity index (χ2n) is 4.26. The van der Waals surface area contributed by atoms with Gasteiger partial charge < -0.3 is 0 Å². The molecule has 0 aliphatic heterocycles. The summed E-state index contributed by atoms with van der Waals surface area (Å²) in [5.74, 6) is 1.46. The smallest absolute Gasteiger partial charge is 0.115 e. The molecular weight excluding hydrogens is 405 g/mol. The van der Waals surface area contributed by atoms with Gasteiger partial charge in [0.05, 0.1) is 17.4 Å². The van der Waals surface area contributed by atoms with Crippen LogP contribution in [0.4, 0.5) is 0 Å². The van der Waals surface area contributed by atoms with E-state index >= 15 is 0 Å². The van der Waals surface area contributed by atoms with E-state index in [4.69, 9.17) is 11.6 Å². The van der Waals surface area contributed by atoms with Crippen LogP contribution in [0.2, 0.25) is 0 Å². The number of fused-ring (bicyclic) bond motifs is 1. The monoisotopic (exact) mass is 413 g/mol. The van der Waals surface area contributed by atoms with E-state index < -0.39 is 0 Å². The summed E-state index contributed by atoms with van der Waals surface area (Å²) in [4.78, 5) is 8.76. The topological polar surface area (TPSA) is 30.7 Å². The Morgan fingerprint density at radius 1 is 1.20 bits per heavy atom. The molecule has 0 saturated carbocycles. The summed E-state index contributed by atoms with van der Waals surface area (Å²) in [6, 6.07) is 8.03. The van der Waals surface area contributed by atoms with Crippen molar-refractivity contribution in [2.75, 3.05) is 5.88 Å². The quantitative estimate of drug-likeness (QED) is 0.579. The first-order chi connectivity index (χ1) is 9.70. The van der Waals surface area contributed by atoms with Gasteiger partial charge >= 0.3 is 0 Å². The Bertz CT molecular complexity index is 770. The molecule has 102 valence electrons. The third-order valence-electron chi connectivity index (χ3n) is 2.99. The molecule has 3 nitrogen and oxygen atoms in total. The predicted octanol–water partition coefficient (Wildman–Crippen LogP) is 4.73. The number of nitrogens with zero attached hydrogens (tertiary/aromatic N) is 3. The molecule has 0 atom stereocenters. The zero-order valence-electron chi connectivity index (χ0n) is 10.4. The molecule has 2 heterocycles. The number of alkyl halides is 1. The average Bonchev–Trinajstić information content (AvgIpc) is 2.80. The van der Waals surface area contributed by atoms with Gasteiger partial charge in [-0.15, -0.1) is 11.6 Å². The minimum absolute atomic E-state index is 0.530. The molecule has 0 saturated heterocycles. The molecule has 0 amide bonds. The van der Waals surface area contributed by atoms with E-state index in [2.05, 4.69) is 52.5 Å². The van der Waals surface area contributed by atoms with Crippen molar-refractivity contribution in [3.05, 3.63) is 51.4 Å². The molecule has 0 radical (unpaired) electrons. The van der Waals surface area contributed by atoms with Crippen LogP contribution in [-0.2, 0) is 6.42 Å². The number of pyridine rings is 1. The fourth-order valence-electron chi connectivity index (χ4n) is 2.16. The number of aryl methyl sites for hydroxylation is 1. The van der Waals surface area contributed by atoms with E-state index in [-0.39, 0.29) is 0 Å². The van der Waals surface area contributed by atoms with Crippen molar-refractivity contribution < 1.29 is 0 Å². The minimum atomic E-state index is 0.530. The molecule has 0 aliphatic carbocycles. The summed E-state index contributed by atoms with van der Waals surface area (Å²) in [7, 11) is 0. The maximum atomic E-state index is 5.90. The summed E-state index contributed by atoms with van der Waals surface area (Å²) in [5, 5.41) is 0. The average molecular weight is 416 g/mol. The Labute approximate surface area is 138 Å². The molecule has 0 unspecified atom stereocenters. The Morgan fingerprint density at radius 3 is 2.85 bits per heavy atom. The molecule has 20 heavy (non-hydrogen) atoms. The lowest BCUT2D eigenvalue weighted by atomic mass is 10.3. The maximum absolute atomic E-state index is 5.90. The van der Waals surface area contributed by atoms with Crippen molar-refractivity contribution in [3.8, 4) is 5.69 Å². The van der Waals surface area contributed by atoms with Gasteiger partial charge in [-0.3, -0.25) is 9.55 Å². The number of halogens is 3. The van der Waals surface area contributed by atoms with Gasteiger partial charge in [0.15, 0.2) is 0 Å². The minimum Gasteiger partial charge on any atom is -0.295 e. The molecule has 0 N–H and O–H groups in total. The van der Waals surface area contributed by atoms with Crippen molar-refractivity contribution in [1.82, 2.24) is 14.5 Å². The highest BCUT2D eigenvalue weighted by atomic mass is 79.9. The molecular formula is C14H10Br2ClN3. The van der Waals surface area contributed by atoms with Crippen LogP contribution in [0.1, 0.15) is 5.82 Å². The summed E-state index contributed by atoms with van der Waals surface area (Å²) in [6.45, 7) is 0. The van der Waals surface area contributed by atoms with Crippen molar-refractivity contribution >= 4 is 54.5 Å². The Hall–Kier alpha value is -0.910. The maximum Gasteiger partial charge on any atom is 0.115 e. The fourth-order valence-corrected chi connectivity index (χ4v) is 3.10. The van der Waals surface area contributed by atoms with Crippen LogP contribution in [0.5, 0.6) is 0 Å². The van der Waals surface area contributed by atoms with Crippen molar-refractivity contribution in [2.45, 2.75) is 6.42 Å². The standard InChI is InChI=1S/C14H10Br2ClN3/c15-9-1-2-10(16)13(7-9)20-12-4-6-18-8-11(12)19-14(20)3-5-17/h1-2,4,6-8H,3,5H2. The third kappa shape index (κ3) is 2.50. The molecule has 0 spiro atoms. The van der Waals surface area contributed by atoms with E-state index in [0.29, 0.717) is 12.3 Å². The number of aromatic nitrogens is 3. The van der Waals surface area contributed by atoms with E-state index in [9.17, 15) is 0 Å². The number of imidazole rings is 1. The number of rotatable bonds is 3. The van der Waals surface area contributed by atoms with Gasteiger partial charge in [-0.25, -0.2) is 4.98 Å². The van der Waals surface area contributed by atoms with Crippen LogP contribution in [0, 0.1) is 0 Å². The molecule has 3 aromatic rings. The zero-order chi connectivity index (χ0) is 14.1. The van der Waals surface area contributed by atoms with Gasteiger partial charge in [-0.2, -0.15) is 0 Å². The van der Waals surface area contributed by atoms with Gasteiger partial charge in [0.2, 0.25) is 0 Å². The molecule has 0 fully saturated rings. The molecule has 2 aromatic heterocycles. The molecule has 1 aromatic carbocycles. The first kappa shape index (κ1) is 14.0. The van der Waals surface area contributed by atoms with Crippen molar-refractivity contribution in [3.63, 3.8) is 0 Å². The van der Waals surface area contributed by atoms with E-state index in [1.54, 1.807) is 12.4 Å². The number of hydrogen-bond acceptors (Lipinski definition) is 2. The summed E-state index contributed by atoms with van der Waals surface area (Å²) >= 11 is 13.0. The van der Waals surface area contributed by atoms with Crippen molar-refractivity contribution in [1.29, 1.82) is 0 Å². The van der Waals surface area contributed by atoms with Gasteiger partial charge in [-0.05, 0) is 40.2 Å². The summed E-state index contributed by atoms with van der Waals surface area (Å²) in [6.07, 6.45) is 4.25. The lowest BCUT2D eigenvalue weighted by Crippen LogP contribution is -2.03. The lowest BCUT2D eigenvalue weighted by molar-refractivity contribution is 0.909. The van der Waals surface area contributed by atoms with Crippen LogP contribution in [0.3, 0.4) is 0 Å². The Morgan fingerprint density at radius 2 is 2.05 bits per heavy atom. The zero-order valence-corrected chi connectivity index (χ0v) is 14.3. The SMILES string of the molecule is ClCCc1nc2cnccc2n1-c1cc(Br)ccc1Br. The second-order valence-corrected chi connectivity index (χ2v) is 6.41.